The Labute approximate surface area is 128 Å². The topological polar surface area (TPSA) is 29.5 Å². The first-order valence-electron chi connectivity index (χ1n) is 7.36. The van der Waals surface area contributed by atoms with Gasteiger partial charge in [0.25, 0.3) is 0 Å². The molecule has 2 unspecified atom stereocenters. The van der Waals surface area contributed by atoms with Gasteiger partial charge in [0.05, 0.1) is 0 Å². The Kier molecular flexibility index (Phi) is 4.29. The lowest BCUT2D eigenvalue weighted by Gasteiger charge is -2.34. The van der Waals surface area contributed by atoms with Gasteiger partial charge in [0.2, 0.25) is 5.91 Å². The third-order valence-corrected chi connectivity index (χ3v) is 4.80. The molecular weight excluding hydrogens is 318 g/mol. The number of hydrogen-bond acceptors (Lipinski definition) is 2. The van der Waals surface area contributed by atoms with Crippen molar-refractivity contribution in [2.24, 2.45) is 5.92 Å². The summed E-state index contributed by atoms with van der Waals surface area (Å²) in [6.07, 6.45) is 3.52. The Hall–Kier alpha value is -1.03. The van der Waals surface area contributed by atoms with Gasteiger partial charge in [-0.15, -0.1) is 0 Å². The van der Waals surface area contributed by atoms with Crippen LogP contribution in [0.4, 0.5) is 0 Å². The molecule has 1 amide bonds. The molecule has 1 fully saturated rings. The standard InChI is InChI=1S/C16H20BrNO2/c17-8-7-12-4-3-9-18(10-12)16(19)14-11-20-15-6-2-1-5-13(14)15/h1-2,5-6,12,14H,3-4,7-11H2. The Morgan fingerprint density at radius 3 is 3.10 bits per heavy atom. The van der Waals surface area contributed by atoms with Crippen LogP contribution in [0.3, 0.4) is 0 Å². The molecule has 2 atom stereocenters. The largest absolute Gasteiger partial charge is 0.492 e. The van der Waals surface area contributed by atoms with Crippen molar-refractivity contribution in [3.63, 3.8) is 0 Å². The number of fused-ring (bicyclic) bond motifs is 1. The van der Waals surface area contributed by atoms with E-state index in [1.54, 1.807) is 0 Å². The summed E-state index contributed by atoms with van der Waals surface area (Å²) in [7, 11) is 0. The van der Waals surface area contributed by atoms with Crippen molar-refractivity contribution in [2.45, 2.75) is 25.2 Å². The van der Waals surface area contributed by atoms with Crippen molar-refractivity contribution < 1.29 is 9.53 Å². The smallest absolute Gasteiger partial charge is 0.233 e. The van der Waals surface area contributed by atoms with Gasteiger partial charge < -0.3 is 9.64 Å². The van der Waals surface area contributed by atoms with E-state index in [2.05, 4.69) is 15.9 Å². The third-order valence-electron chi connectivity index (χ3n) is 4.35. The maximum Gasteiger partial charge on any atom is 0.233 e. The van der Waals surface area contributed by atoms with Crippen molar-refractivity contribution in [1.29, 1.82) is 0 Å². The van der Waals surface area contributed by atoms with Gasteiger partial charge in [-0.2, -0.15) is 0 Å². The number of hydrogen-bond donors (Lipinski definition) is 0. The number of rotatable bonds is 3. The first-order valence-corrected chi connectivity index (χ1v) is 8.48. The molecule has 0 aliphatic carbocycles. The van der Waals surface area contributed by atoms with Crippen LogP contribution in [0.2, 0.25) is 0 Å². The lowest BCUT2D eigenvalue weighted by atomic mass is 9.93. The molecule has 1 aromatic carbocycles. The summed E-state index contributed by atoms with van der Waals surface area (Å²) in [6, 6.07) is 7.91. The lowest BCUT2D eigenvalue weighted by Crippen LogP contribution is -2.42. The first-order chi connectivity index (χ1) is 9.79. The van der Waals surface area contributed by atoms with Crippen molar-refractivity contribution in [3.05, 3.63) is 29.8 Å². The zero-order valence-electron chi connectivity index (χ0n) is 11.6. The zero-order chi connectivity index (χ0) is 13.9. The molecule has 1 aromatic rings. The van der Waals surface area contributed by atoms with Crippen LogP contribution in [0.15, 0.2) is 24.3 Å². The molecule has 108 valence electrons. The van der Waals surface area contributed by atoms with E-state index in [0.717, 1.165) is 42.6 Å². The fourth-order valence-electron chi connectivity index (χ4n) is 3.24. The van der Waals surface area contributed by atoms with Gasteiger partial charge in [-0.25, -0.2) is 0 Å². The molecule has 0 aromatic heterocycles. The van der Waals surface area contributed by atoms with Crippen LogP contribution in [0, 0.1) is 5.92 Å². The summed E-state index contributed by atoms with van der Waals surface area (Å²) in [4.78, 5) is 14.8. The van der Waals surface area contributed by atoms with Crippen molar-refractivity contribution in [2.75, 3.05) is 25.0 Å². The van der Waals surface area contributed by atoms with Gasteiger partial charge in [-0.05, 0) is 31.2 Å². The summed E-state index contributed by atoms with van der Waals surface area (Å²) in [5.74, 6) is 1.66. The minimum atomic E-state index is -0.103. The molecule has 0 spiro atoms. The molecule has 3 nitrogen and oxygen atoms in total. The molecule has 3 rings (SSSR count). The highest BCUT2D eigenvalue weighted by Crippen LogP contribution is 2.35. The molecule has 0 N–H and O–H groups in total. The van der Waals surface area contributed by atoms with E-state index in [4.69, 9.17) is 4.74 Å². The van der Waals surface area contributed by atoms with Crippen LogP contribution in [-0.2, 0) is 4.79 Å². The Balaban J connectivity index is 1.70. The lowest BCUT2D eigenvalue weighted by molar-refractivity contribution is -0.134. The molecule has 2 heterocycles. The van der Waals surface area contributed by atoms with E-state index >= 15 is 0 Å². The number of nitrogens with zero attached hydrogens (tertiary/aromatic N) is 1. The van der Waals surface area contributed by atoms with Crippen LogP contribution in [-0.4, -0.2) is 35.8 Å². The second-order valence-corrected chi connectivity index (χ2v) is 6.46. The monoisotopic (exact) mass is 337 g/mol. The molecule has 0 bridgehead atoms. The summed E-state index contributed by atoms with van der Waals surface area (Å²) >= 11 is 3.51. The van der Waals surface area contributed by atoms with Crippen LogP contribution >= 0.6 is 15.9 Å². The second-order valence-electron chi connectivity index (χ2n) is 5.67. The van der Waals surface area contributed by atoms with Gasteiger partial charge in [0, 0.05) is 24.0 Å². The number of halogens is 1. The quantitative estimate of drug-likeness (QED) is 0.793. The maximum atomic E-state index is 12.7. The van der Waals surface area contributed by atoms with Crippen molar-refractivity contribution in [3.8, 4) is 5.75 Å². The second kappa shape index (κ2) is 6.17. The van der Waals surface area contributed by atoms with E-state index in [9.17, 15) is 4.79 Å². The van der Waals surface area contributed by atoms with E-state index in [1.807, 2.05) is 29.2 Å². The SMILES string of the molecule is O=C(C1COc2ccccc21)N1CCCC(CCBr)C1. The Morgan fingerprint density at radius 1 is 1.40 bits per heavy atom. The minimum absolute atomic E-state index is 0.103. The number of benzene rings is 1. The van der Waals surface area contributed by atoms with Gasteiger partial charge in [-0.3, -0.25) is 4.79 Å². The van der Waals surface area contributed by atoms with Gasteiger partial charge in [0.1, 0.15) is 18.3 Å². The molecule has 1 saturated heterocycles. The van der Waals surface area contributed by atoms with E-state index in [-0.39, 0.29) is 11.8 Å². The molecule has 0 radical (unpaired) electrons. The third kappa shape index (κ3) is 2.71. The average Bonchev–Trinajstić information content (AvgIpc) is 2.91. The zero-order valence-corrected chi connectivity index (χ0v) is 13.1. The minimum Gasteiger partial charge on any atom is -0.492 e. The maximum absolute atomic E-state index is 12.7. The Bertz CT molecular complexity index is 489. The summed E-state index contributed by atoms with van der Waals surface area (Å²) in [5, 5.41) is 1.02. The van der Waals surface area contributed by atoms with E-state index in [0.29, 0.717) is 12.5 Å². The fraction of sp³-hybridized carbons (Fsp3) is 0.562. The number of alkyl halides is 1. The van der Waals surface area contributed by atoms with Gasteiger partial charge >= 0.3 is 0 Å². The summed E-state index contributed by atoms with van der Waals surface area (Å²) in [6.45, 7) is 2.30. The highest BCUT2D eigenvalue weighted by Gasteiger charge is 2.34. The highest BCUT2D eigenvalue weighted by molar-refractivity contribution is 9.09. The number of likely N-dealkylation sites (tertiary alicyclic amines) is 1. The summed E-state index contributed by atoms with van der Waals surface area (Å²) in [5.41, 5.74) is 1.06. The number of carbonyl (C=O) groups excluding carboxylic acids is 1. The van der Waals surface area contributed by atoms with Gasteiger partial charge in [-0.1, -0.05) is 34.1 Å². The van der Waals surface area contributed by atoms with E-state index in [1.165, 1.54) is 6.42 Å². The van der Waals surface area contributed by atoms with Crippen LogP contribution < -0.4 is 4.74 Å². The molecular formula is C16H20BrNO2. The Morgan fingerprint density at radius 2 is 2.25 bits per heavy atom. The predicted octanol–water partition coefficient (Wildman–Crippen LogP) is 3.19. The predicted molar refractivity (Wildman–Crippen MR) is 82.4 cm³/mol. The molecule has 4 heteroatoms. The van der Waals surface area contributed by atoms with Crippen molar-refractivity contribution in [1.82, 2.24) is 4.90 Å². The normalized spacial score (nSPS) is 25.1. The van der Waals surface area contributed by atoms with Crippen LogP contribution in [0.1, 0.15) is 30.7 Å². The number of piperidine rings is 1. The average molecular weight is 338 g/mol. The molecule has 0 saturated carbocycles. The number of amides is 1. The van der Waals surface area contributed by atoms with Crippen LogP contribution in [0.5, 0.6) is 5.75 Å². The fourth-order valence-corrected chi connectivity index (χ4v) is 3.89. The summed E-state index contributed by atoms with van der Waals surface area (Å²) < 4.78 is 5.64. The molecule has 2 aliphatic rings. The first kappa shape index (κ1) is 13.9. The number of carbonyl (C=O) groups is 1. The number of para-hydroxylation sites is 1. The number of ether oxygens (including phenoxy) is 1. The molecule has 20 heavy (non-hydrogen) atoms. The highest BCUT2D eigenvalue weighted by atomic mass is 79.9. The van der Waals surface area contributed by atoms with Crippen LogP contribution in [0.25, 0.3) is 0 Å². The van der Waals surface area contributed by atoms with Gasteiger partial charge in [0.15, 0.2) is 0 Å². The van der Waals surface area contributed by atoms with E-state index < -0.39 is 0 Å². The van der Waals surface area contributed by atoms with Crippen molar-refractivity contribution >= 4 is 21.8 Å². The molecule has 2 aliphatic heterocycles.